The number of aliphatic imine (C=N–C) groups is 1. The van der Waals surface area contributed by atoms with Crippen molar-refractivity contribution in [2.45, 2.75) is 40.0 Å². The molecule has 4 rings (SSSR count). The van der Waals surface area contributed by atoms with Gasteiger partial charge in [0, 0.05) is 16.7 Å². The van der Waals surface area contributed by atoms with Crippen molar-refractivity contribution in [3.8, 4) is 17.2 Å². The van der Waals surface area contributed by atoms with Gasteiger partial charge in [-0.2, -0.15) is 0 Å². The Kier molecular flexibility index (Phi) is 7.69. The lowest BCUT2D eigenvalue weighted by atomic mass is 9.72. The largest absolute Gasteiger partial charge is 0.495 e. The van der Waals surface area contributed by atoms with Gasteiger partial charge in [-0.1, -0.05) is 39.0 Å². The van der Waals surface area contributed by atoms with Gasteiger partial charge in [0.2, 0.25) is 0 Å². The van der Waals surface area contributed by atoms with Gasteiger partial charge >= 0.3 is 0 Å². The van der Waals surface area contributed by atoms with Gasteiger partial charge in [0.1, 0.15) is 10.8 Å². The zero-order valence-electron chi connectivity index (χ0n) is 21.8. The SMILES string of the molecule is COc1ccccc1NC(=O)c1c(/N=C/c2cccc(OC)c2OC)sc2c1CCC(C(C)(C)C)C2. The summed E-state index contributed by atoms with van der Waals surface area (Å²) in [4.78, 5) is 19.7. The maximum absolute atomic E-state index is 13.7. The molecule has 0 saturated heterocycles. The molecule has 1 atom stereocenters. The minimum absolute atomic E-state index is 0.170. The quantitative estimate of drug-likeness (QED) is 0.353. The van der Waals surface area contributed by atoms with Crippen molar-refractivity contribution in [1.29, 1.82) is 0 Å². The number of carbonyl (C=O) groups excluding carboxylic acids is 1. The molecule has 6 nitrogen and oxygen atoms in total. The van der Waals surface area contributed by atoms with E-state index < -0.39 is 0 Å². The molecule has 1 N–H and O–H groups in total. The second-order valence-corrected chi connectivity index (χ2v) is 11.1. The zero-order valence-corrected chi connectivity index (χ0v) is 22.6. The Morgan fingerprint density at radius 1 is 1.03 bits per heavy atom. The molecule has 1 aliphatic carbocycles. The molecule has 1 unspecified atom stereocenters. The number of hydrogen-bond acceptors (Lipinski definition) is 6. The van der Waals surface area contributed by atoms with Gasteiger partial charge < -0.3 is 19.5 Å². The molecule has 3 aromatic rings. The van der Waals surface area contributed by atoms with Crippen LogP contribution in [0.3, 0.4) is 0 Å². The van der Waals surface area contributed by atoms with Gasteiger partial charge in [-0.15, -0.1) is 11.3 Å². The highest BCUT2D eigenvalue weighted by molar-refractivity contribution is 7.16. The van der Waals surface area contributed by atoms with Crippen molar-refractivity contribution in [3.05, 3.63) is 64.0 Å². The molecule has 1 heterocycles. The number of fused-ring (bicyclic) bond motifs is 1. The summed E-state index contributed by atoms with van der Waals surface area (Å²) in [5.41, 5.74) is 3.38. The molecule has 1 amide bonds. The highest BCUT2D eigenvalue weighted by Gasteiger charge is 2.34. The Labute approximate surface area is 217 Å². The van der Waals surface area contributed by atoms with Gasteiger partial charge in [-0.25, -0.2) is 4.99 Å². The van der Waals surface area contributed by atoms with Crippen molar-refractivity contribution in [2.24, 2.45) is 16.3 Å². The van der Waals surface area contributed by atoms with E-state index in [4.69, 9.17) is 19.2 Å². The van der Waals surface area contributed by atoms with Crippen LogP contribution in [0.2, 0.25) is 0 Å². The first kappa shape index (κ1) is 25.8. The van der Waals surface area contributed by atoms with Crippen LogP contribution in [-0.2, 0) is 12.8 Å². The molecular formula is C29H34N2O4S. The average Bonchev–Trinajstić information content (AvgIpc) is 3.24. The number of nitrogens with zero attached hydrogens (tertiary/aromatic N) is 1. The molecule has 0 aliphatic heterocycles. The lowest BCUT2D eigenvalue weighted by molar-refractivity contribution is 0.102. The molecule has 0 fully saturated rings. The second kappa shape index (κ2) is 10.7. The standard InChI is InChI=1S/C29H34N2O4S/c1-29(2,3)19-14-15-20-24(16-19)36-28(30-17-18-10-9-13-23(34-5)26(18)35-6)25(20)27(32)31-21-11-7-8-12-22(21)33-4/h7-13,17,19H,14-16H2,1-6H3,(H,31,32)/b30-17+. The van der Waals surface area contributed by atoms with Crippen LogP contribution in [0.4, 0.5) is 10.7 Å². The van der Waals surface area contributed by atoms with Gasteiger partial charge in [-0.3, -0.25) is 4.79 Å². The predicted octanol–water partition coefficient (Wildman–Crippen LogP) is 6.93. The van der Waals surface area contributed by atoms with Crippen LogP contribution in [0, 0.1) is 11.3 Å². The molecule has 0 saturated carbocycles. The fourth-order valence-electron chi connectivity index (χ4n) is 4.71. The Hall–Kier alpha value is -3.32. The first-order chi connectivity index (χ1) is 17.3. The van der Waals surface area contributed by atoms with Crippen LogP contribution in [0.25, 0.3) is 0 Å². The Morgan fingerprint density at radius 3 is 2.44 bits per heavy atom. The number of ether oxygens (including phenoxy) is 3. The lowest BCUT2D eigenvalue weighted by Crippen LogP contribution is -2.27. The van der Waals surface area contributed by atoms with E-state index in [1.165, 1.54) is 4.88 Å². The van der Waals surface area contributed by atoms with Crippen LogP contribution in [0.5, 0.6) is 17.2 Å². The van der Waals surface area contributed by atoms with Crippen molar-refractivity contribution in [2.75, 3.05) is 26.6 Å². The van der Waals surface area contributed by atoms with E-state index in [9.17, 15) is 4.79 Å². The van der Waals surface area contributed by atoms with E-state index in [1.807, 2.05) is 42.5 Å². The monoisotopic (exact) mass is 506 g/mol. The van der Waals surface area contributed by atoms with Gasteiger partial charge in [0.05, 0.1) is 32.6 Å². The van der Waals surface area contributed by atoms with E-state index >= 15 is 0 Å². The van der Waals surface area contributed by atoms with Gasteiger partial charge in [0.25, 0.3) is 5.91 Å². The number of para-hydroxylation sites is 3. The number of hydrogen-bond donors (Lipinski definition) is 1. The normalized spacial score (nSPS) is 15.4. The highest BCUT2D eigenvalue weighted by atomic mass is 32.1. The molecule has 2 aromatic carbocycles. The molecular weight excluding hydrogens is 472 g/mol. The molecule has 0 radical (unpaired) electrons. The molecule has 0 bridgehead atoms. The Morgan fingerprint density at radius 2 is 1.75 bits per heavy atom. The number of nitrogens with one attached hydrogen (secondary N) is 1. The fraction of sp³-hybridized carbons (Fsp3) is 0.379. The summed E-state index contributed by atoms with van der Waals surface area (Å²) in [7, 11) is 4.82. The van der Waals surface area contributed by atoms with E-state index in [1.54, 1.807) is 38.9 Å². The minimum atomic E-state index is -0.170. The third-order valence-corrected chi connectivity index (χ3v) is 7.97. The summed E-state index contributed by atoms with van der Waals surface area (Å²) in [6.07, 6.45) is 4.62. The zero-order chi connectivity index (χ0) is 25.9. The lowest BCUT2D eigenvalue weighted by Gasteiger charge is -2.33. The van der Waals surface area contributed by atoms with E-state index in [2.05, 4.69) is 26.1 Å². The molecule has 36 heavy (non-hydrogen) atoms. The molecule has 1 aromatic heterocycles. The number of anilines is 1. The van der Waals surface area contributed by atoms with E-state index in [0.717, 1.165) is 30.4 Å². The molecule has 0 spiro atoms. The summed E-state index contributed by atoms with van der Waals surface area (Å²) in [5.74, 6) is 2.25. The topological polar surface area (TPSA) is 69.2 Å². The minimum Gasteiger partial charge on any atom is -0.495 e. The summed E-state index contributed by atoms with van der Waals surface area (Å²) in [6.45, 7) is 6.87. The van der Waals surface area contributed by atoms with E-state index in [0.29, 0.717) is 39.4 Å². The number of amides is 1. The number of rotatable bonds is 7. The summed E-state index contributed by atoms with van der Waals surface area (Å²) < 4.78 is 16.4. The molecule has 190 valence electrons. The van der Waals surface area contributed by atoms with Gasteiger partial charge in [-0.05, 0) is 60.4 Å². The first-order valence-electron chi connectivity index (χ1n) is 12.1. The maximum atomic E-state index is 13.7. The van der Waals surface area contributed by atoms with Crippen molar-refractivity contribution in [1.82, 2.24) is 0 Å². The Bertz CT molecular complexity index is 1270. The second-order valence-electron chi connectivity index (χ2n) is 9.99. The summed E-state index contributed by atoms with van der Waals surface area (Å²) >= 11 is 1.61. The first-order valence-corrected chi connectivity index (χ1v) is 12.9. The van der Waals surface area contributed by atoms with Crippen LogP contribution in [-0.4, -0.2) is 33.5 Å². The third-order valence-electron chi connectivity index (χ3n) is 6.81. The highest BCUT2D eigenvalue weighted by Crippen LogP contribution is 2.45. The van der Waals surface area contributed by atoms with Crippen molar-refractivity contribution < 1.29 is 19.0 Å². The van der Waals surface area contributed by atoms with Crippen LogP contribution < -0.4 is 19.5 Å². The number of methoxy groups -OCH3 is 3. The van der Waals surface area contributed by atoms with E-state index in [-0.39, 0.29) is 11.3 Å². The maximum Gasteiger partial charge on any atom is 0.259 e. The van der Waals surface area contributed by atoms with Crippen LogP contribution >= 0.6 is 11.3 Å². The number of carbonyl (C=O) groups is 1. The Balaban J connectivity index is 1.75. The molecule has 1 aliphatic rings. The number of thiophene rings is 1. The summed E-state index contributed by atoms with van der Waals surface area (Å²) in [5, 5.41) is 3.76. The van der Waals surface area contributed by atoms with Gasteiger partial charge in [0.15, 0.2) is 11.5 Å². The van der Waals surface area contributed by atoms with Crippen molar-refractivity contribution in [3.63, 3.8) is 0 Å². The third kappa shape index (κ3) is 5.26. The van der Waals surface area contributed by atoms with Crippen molar-refractivity contribution >= 4 is 34.1 Å². The molecule has 7 heteroatoms. The smallest absolute Gasteiger partial charge is 0.259 e. The number of benzene rings is 2. The fourth-order valence-corrected chi connectivity index (χ4v) is 5.98. The predicted molar refractivity (Wildman–Crippen MR) is 147 cm³/mol. The average molecular weight is 507 g/mol. The van der Waals surface area contributed by atoms with Crippen LogP contribution in [0.1, 0.15) is 53.6 Å². The van der Waals surface area contributed by atoms with Crippen LogP contribution in [0.15, 0.2) is 47.5 Å². The summed E-state index contributed by atoms with van der Waals surface area (Å²) in [6, 6.07) is 13.1.